The van der Waals surface area contributed by atoms with Crippen LogP contribution in [0.25, 0.3) is 0 Å². The molecule has 2 amide bonds. The molecule has 3 aromatic rings. The zero-order valence-corrected chi connectivity index (χ0v) is 24.7. The van der Waals surface area contributed by atoms with Crippen LogP contribution in [0, 0.1) is 12.7 Å². The molecule has 0 aliphatic heterocycles. The van der Waals surface area contributed by atoms with Crippen molar-refractivity contribution in [3.63, 3.8) is 0 Å². The first-order chi connectivity index (χ1) is 18.9. The van der Waals surface area contributed by atoms with E-state index in [0.717, 1.165) is 39.4 Å². The van der Waals surface area contributed by atoms with Gasteiger partial charge in [-0.3, -0.25) is 13.9 Å². The van der Waals surface area contributed by atoms with E-state index in [-0.39, 0.29) is 35.6 Å². The number of halogens is 2. The SMILES string of the molecule is CC[C@H](C)NC(=O)[C@@H](Cc1ccccc1)N(Cc1cccc(C)c1)C(=O)CN(c1ccc(F)c(Cl)c1)S(C)(=O)=O. The monoisotopic (exact) mass is 587 g/mol. The van der Waals surface area contributed by atoms with E-state index in [9.17, 15) is 22.4 Å². The van der Waals surface area contributed by atoms with Gasteiger partial charge in [-0.1, -0.05) is 78.7 Å². The highest BCUT2D eigenvalue weighted by Gasteiger charge is 2.33. The van der Waals surface area contributed by atoms with Gasteiger partial charge >= 0.3 is 0 Å². The van der Waals surface area contributed by atoms with Crippen molar-refractivity contribution in [2.45, 2.75) is 52.2 Å². The second kappa shape index (κ2) is 13.8. The van der Waals surface area contributed by atoms with E-state index in [1.165, 1.54) is 11.0 Å². The summed E-state index contributed by atoms with van der Waals surface area (Å²) >= 11 is 5.93. The Hall–Kier alpha value is -3.43. The van der Waals surface area contributed by atoms with Crippen molar-refractivity contribution >= 4 is 39.1 Å². The topological polar surface area (TPSA) is 86.8 Å². The quantitative estimate of drug-likeness (QED) is 0.319. The van der Waals surface area contributed by atoms with Crippen molar-refractivity contribution in [1.82, 2.24) is 10.2 Å². The molecule has 0 aromatic heterocycles. The number of aryl methyl sites for hydroxylation is 1. The molecule has 0 radical (unpaired) electrons. The highest BCUT2D eigenvalue weighted by molar-refractivity contribution is 7.92. The second-order valence-corrected chi connectivity index (χ2v) is 12.2. The minimum absolute atomic E-state index is 0.0430. The zero-order valence-electron chi connectivity index (χ0n) is 23.1. The normalized spacial score (nSPS) is 12.8. The van der Waals surface area contributed by atoms with Crippen molar-refractivity contribution in [3.8, 4) is 0 Å². The van der Waals surface area contributed by atoms with Gasteiger partial charge in [0.15, 0.2) is 0 Å². The van der Waals surface area contributed by atoms with Gasteiger partial charge in [-0.15, -0.1) is 0 Å². The molecule has 0 aliphatic carbocycles. The van der Waals surface area contributed by atoms with Crippen LogP contribution in [0.3, 0.4) is 0 Å². The summed E-state index contributed by atoms with van der Waals surface area (Å²) in [7, 11) is -3.98. The number of nitrogens with zero attached hydrogens (tertiary/aromatic N) is 2. The third-order valence-electron chi connectivity index (χ3n) is 6.58. The lowest BCUT2D eigenvalue weighted by Crippen LogP contribution is -2.54. The van der Waals surface area contributed by atoms with Crippen molar-refractivity contribution in [2.75, 3.05) is 17.1 Å². The van der Waals surface area contributed by atoms with Crippen LogP contribution in [-0.2, 0) is 32.6 Å². The maximum absolute atomic E-state index is 14.0. The number of amides is 2. The first-order valence-corrected chi connectivity index (χ1v) is 15.2. The molecule has 3 aromatic carbocycles. The largest absolute Gasteiger partial charge is 0.352 e. The van der Waals surface area contributed by atoms with E-state index in [1.807, 2.05) is 75.4 Å². The molecule has 0 spiro atoms. The predicted octanol–water partition coefficient (Wildman–Crippen LogP) is 5.11. The van der Waals surface area contributed by atoms with Crippen molar-refractivity contribution in [3.05, 3.63) is 100 Å². The Balaban J connectivity index is 2.07. The number of nitrogens with one attached hydrogen (secondary N) is 1. The molecule has 40 heavy (non-hydrogen) atoms. The van der Waals surface area contributed by atoms with Crippen LogP contribution < -0.4 is 9.62 Å². The van der Waals surface area contributed by atoms with E-state index in [1.54, 1.807) is 0 Å². The van der Waals surface area contributed by atoms with E-state index >= 15 is 0 Å². The lowest BCUT2D eigenvalue weighted by molar-refractivity contribution is -0.140. The fraction of sp³-hybridized carbons (Fsp3) is 0.333. The number of carbonyl (C=O) groups excluding carboxylic acids is 2. The lowest BCUT2D eigenvalue weighted by Gasteiger charge is -2.34. The molecule has 3 rings (SSSR count). The van der Waals surface area contributed by atoms with Gasteiger partial charge in [-0.05, 0) is 49.6 Å². The van der Waals surface area contributed by atoms with Crippen molar-refractivity contribution in [2.24, 2.45) is 0 Å². The maximum Gasteiger partial charge on any atom is 0.244 e. The highest BCUT2D eigenvalue weighted by atomic mass is 35.5. The van der Waals surface area contributed by atoms with E-state index < -0.39 is 34.3 Å². The molecule has 0 bridgehead atoms. The number of sulfonamides is 1. The number of rotatable bonds is 12. The second-order valence-electron chi connectivity index (χ2n) is 9.90. The third kappa shape index (κ3) is 8.53. The van der Waals surface area contributed by atoms with E-state index in [2.05, 4.69) is 5.32 Å². The van der Waals surface area contributed by atoms with Gasteiger partial charge in [-0.25, -0.2) is 12.8 Å². The van der Waals surface area contributed by atoms with Gasteiger partial charge in [0, 0.05) is 19.0 Å². The smallest absolute Gasteiger partial charge is 0.244 e. The Kier molecular flexibility index (Phi) is 10.7. The van der Waals surface area contributed by atoms with Crippen LogP contribution in [0.1, 0.15) is 37.0 Å². The third-order valence-corrected chi connectivity index (χ3v) is 8.01. The summed E-state index contributed by atoms with van der Waals surface area (Å²) in [6.07, 6.45) is 1.88. The molecule has 1 N–H and O–H groups in total. The fourth-order valence-electron chi connectivity index (χ4n) is 4.26. The summed E-state index contributed by atoms with van der Waals surface area (Å²) in [4.78, 5) is 29.1. The van der Waals surface area contributed by atoms with Crippen molar-refractivity contribution in [1.29, 1.82) is 0 Å². The summed E-state index contributed by atoms with van der Waals surface area (Å²) in [6, 6.07) is 19.3. The molecule has 0 saturated heterocycles. The van der Waals surface area contributed by atoms with Gasteiger partial charge in [-0.2, -0.15) is 0 Å². The van der Waals surface area contributed by atoms with Crippen LogP contribution in [0.4, 0.5) is 10.1 Å². The minimum Gasteiger partial charge on any atom is -0.352 e. The Morgan fingerprint density at radius 1 is 1.00 bits per heavy atom. The number of anilines is 1. The standard InChI is InChI=1S/C30H35ClFN3O4S/c1-5-22(3)33-30(37)28(17-23-11-7-6-8-12-23)34(19-24-13-9-10-21(2)16-24)29(36)20-35(40(4,38)39)25-14-15-27(32)26(31)18-25/h6-16,18,22,28H,5,17,19-20H2,1-4H3,(H,33,37)/t22-,28+/m0/s1. The van der Waals surface area contributed by atoms with Crippen LogP contribution >= 0.6 is 11.6 Å². The van der Waals surface area contributed by atoms with Crippen LogP contribution in [0.5, 0.6) is 0 Å². The number of carbonyl (C=O) groups is 2. The molecule has 7 nitrogen and oxygen atoms in total. The molecular weight excluding hydrogens is 553 g/mol. The molecule has 2 atom stereocenters. The predicted molar refractivity (Wildman–Crippen MR) is 157 cm³/mol. The number of benzene rings is 3. The Morgan fingerprint density at radius 2 is 1.68 bits per heavy atom. The van der Waals surface area contributed by atoms with Crippen molar-refractivity contribution < 1.29 is 22.4 Å². The fourth-order valence-corrected chi connectivity index (χ4v) is 5.27. The Labute approximate surface area is 241 Å². The first-order valence-electron chi connectivity index (χ1n) is 13.0. The molecule has 0 saturated carbocycles. The Morgan fingerprint density at radius 3 is 2.27 bits per heavy atom. The summed E-state index contributed by atoms with van der Waals surface area (Å²) < 4.78 is 40.3. The van der Waals surface area contributed by atoms with E-state index in [4.69, 9.17) is 11.6 Å². The Bertz CT molecular complexity index is 1440. The molecule has 0 fully saturated rings. The van der Waals surface area contributed by atoms with Gasteiger partial charge in [0.05, 0.1) is 17.0 Å². The minimum atomic E-state index is -3.98. The van der Waals surface area contributed by atoms with Gasteiger partial charge in [0.2, 0.25) is 21.8 Å². The van der Waals surface area contributed by atoms with Crippen LogP contribution in [-0.4, -0.2) is 50.0 Å². The highest BCUT2D eigenvalue weighted by Crippen LogP contribution is 2.25. The van der Waals surface area contributed by atoms with Gasteiger partial charge < -0.3 is 10.2 Å². The van der Waals surface area contributed by atoms with Gasteiger partial charge in [0.1, 0.15) is 18.4 Å². The molecule has 0 heterocycles. The maximum atomic E-state index is 14.0. The summed E-state index contributed by atoms with van der Waals surface area (Å²) in [5.41, 5.74) is 2.66. The van der Waals surface area contributed by atoms with E-state index in [0.29, 0.717) is 6.42 Å². The molecule has 214 valence electrons. The summed E-state index contributed by atoms with van der Waals surface area (Å²) in [6.45, 7) is 5.23. The first kappa shape index (κ1) is 31.1. The zero-order chi connectivity index (χ0) is 29.4. The summed E-state index contributed by atoms with van der Waals surface area (Å²) in [5, 5.41) is 2.71. The molecular formula is C30H35ClFN3O4S. The number of hydrogen-bond acceptors (Lipinski definition) is 4. The van der Waals surface area contributed by atoms with Crippen LogP contribution in [0.2, 0.25) is 5.02 Å². The molecule has 0 aliphatic rings. The lowest BCUT2D eigenvalue weighted by atomic mass is 10.0. The molecule has 0 unspecified atom stereocenters. The average Bonchev–Trinajstić information content (AvgIpc) is 2.90. The molecule has 10 heteroatoms. The number of hydrogen-bond donors (Lipinski definition) is 1. The summed E-state index contributed by atoms with van der Waals surface area (Å²) in [5.74, 6) is -1.64. The van der Waals surface area contributed by atoms with Crippen LogP contribution in [0.15, 0.2) is 72.8 Å². The van der Waals surface area contributed by atoms with Gasteiger partial charge in [0.25, 0.3) is 0 Å². The average molecular weight is 588 g/mol.